The largest absolute Gasteiger partial charge is 0.315 e. The monoisotopic (exact) mass is 304 g/mol. The van der Waals surface area contributed by atoms with Gasteiger partial charge >= 0.3 is 0 Å². The van der Waals surface area contributed by atoms with E-state index in [0.717, 1.165) is 17.8 Å². The summed E-state index contributed by atoms with van der Waals surface area (Å²) in [5.74, 6) is 0.231. The molecule has 0 saturated heterocycles. The van der Waals surface area contributed by atoms with Crippen LogP contribution in [0.3, 0.4) is 0 Å². The highest BCUT2D eigenvalue weighted by Gasteiger charge is 2.17. The highest BCUT2D eigenvalue weighted by atomic mass is 32.2. The van der Waals surface area contributed by atoms with E-state index in [0.29, 0.717) is 19.0 Å². The third-order valence-electron chi connectivity index (χ3n) is 2.82. The Balaban J connectivity index is 2.30. The van der Waals surface area contributed by atoms with Crippen LogP contribution in [-0.4, -0.2) is 38.1 Å². The van der Waals surface area contributed by atoms with Crippen LogP contribution in [0.15, 0.2) is 17.5 Å². The molecule has 1 aromatic heterocycles. The van der Waals surface area contributed by atoms with E-state index in [1.165, 1.54) is 4.31 Å². The van der Waals surface area contributed by atoms with E-state index in [1.54, 1.807) is 18.4 Å². The van der Waals surface area contributed by atoms with E-state index >= 15 is 0 Å². The van der Waals surface area contributed by atoms with Gasteiger partial charge in [0.25, 0.3) is 0 Å². The van der Waals surface area contributed by atoms with Crippen LogP contribution in [-0.2, 0) is 16.6 Å². The van der Waals surface area contributed by atoms with E-state index in [2.05, 4.69) is 19.2 Å². The molecule has 0 spiro atoms. The molecule has 0 unspecified atom stereocenters. The van der Waals surface area contributed by atoms with Gasteiger partial charge in [-0.05, 0) is 30.8 Å². The van der Waals surface area contributed by atoms with Crippen LogP contribution in [0.1, 0.15) is 31.6 Å². The van der Waals surface area contributed by atoms with Gasteiger partial charge in [0.2, 0.25) is 10.0 Å². The molecule has 0 amide bonds. The molecule has 6 heteroatoms. The SMILES string of the molecule is CC(C)NCCCCS(=O)(=O)N(C)Cc1cccs1. The fraction of sp³-hybridized carbons (Fsp3) is 0.692. The van der Waals surface area contributed by atoms with Gasteiger partial charge in [-0.15, -0.1) is 11.3 Å². The molecule has 1 aromatic rings. The summed E-state index contributed by atoms with van der Waals surface area (Å²) in [6.45, 7) is 5.53. The number of hydrogen-bond donors (Lipinski definition) is 1. The second-order valence-corrected chi connectivity index (χ2v) is 8.20. The first-order valence-electron chi connectivity index (χ1n) is 6.61. The zero-order valence-corrected chi connectivity index (χ0v) is 13.6. The van der Waals surface area contributed by atoms with Crippen molar-refractivity contribution in [2.24, 2.45) is 0 Å². The van der Waals surface area contributed by atoms with Gasteiger partial charge in [0.1, 0.15) is 0 Å². The second kappa shape index (κ2) is 7.99. The highest BCUT2D eigenvalue weighted by Crippen LogP contribution is 2.13. The molecule has 0 fully saturated rings. The maximum atomic E-state index is 12.1. The van der Waals surface area contributed by atoms with Crippen molar-refractivity contribution in [3.63, 3.8) is 0 Å². The average molecular weight is 304 g/mol. The van der Waals surface area contributed by atoms with Gasteiger partial charge in [-0.25, -0.2) is 8.42 Å². The van der Waals surface area contributed by atoms with Gasteiger partial charge in [-0.2, -0.15) is 4.31 Å². The predicted molar refractivity (Wildman–Crippen MR) is 81.9 cm³/mol. The molecule has 1 rings (SSSR count). The minimum Gasteiger partial charge on any atom is -0.315 e. The highest BCUT2D eigenvalue weighted by molar-refractivity contribution is 7.89. The van der Waals surface area contributed by atoms with Gasteiger partial charge in [-0.3, -0.25) is 0 Å². The van der Waals surface area contributed by atoms with E-state index in [4.69, 9.17) is 0 Å². The van der Waals surface area contributed by atoms with Crippen LogP contribution in [0.2, 0.25) is 0 Å². The number of hydrogen-bond acceptors (Lipinski definition) is 4. The maximum Gasteiger partial charge on any atom is 0.214 e. The van der Waals surface area contributed by atoms with Crippen LogP contribution in [0.25, 0.3) is 0 Å². The summed E-state index contributed by atoms with van der Waals surface area (Å²) in [4.78, 5) is 1.08. The standard InChI is InChI=1S/C13H24N2O2S2/c1-12(2)14-8-4-5-10-19(16,17)15(3)11-13-7-6-9-18-13/h6-7,9,12,14H,4-5,8,10-11H2,1-3H3. The molecular formula is C13H24N2O2S2. The molecule has 0 aliphatic carbocycles. The van der Waals surface area contributed by atoms with Crippen LogP contribution in [0.5, 0.6) is 0 Å². The summed E-state index contributed by atoms with van der Waals surface area (Å²) in [5.41, 5.74) is 0. The lowest BCUT2D eigenvalue weighted by Crippen LogP contribution is -2.29. The Morgan fingerprint density at radius 2 is 2.11 bits per heavy atom. The minimum absolute atomic E-state index is 0.231. The van der Waals surface area contributed by atoms with Crippen molar-refractivity contribution in [3.05, 3.63) is 22.4 Å². The molecule has 0 aliphatic rings. The molecule has 0 atom stereocenters. The predicted octanol–water partition coefficient (Wildman–Crippen LogP) is 2.29. The van der Waals surface area contributed by atoms with Crippen molar-refractivity contribution in [3.8, 4) is 0 Å². The maximum absolute atomic E-state index is 12.1. The molecule has 1 N–H and O–H groups in total. The van der Waals surface area contributed by atoms with Crippen molar-refractivity contribution < 1.29 is 8.42 Å². The number of sulfonamides is 1. The van der Waals surface area contributed by atoms with Crippen molar-refractivity contribution in [2.75, 3.05) is 19.3 Å². The lowest BCUT2D eigenvalue weighted by atomic mass is 10.3. The topological polar surface area (TPSA) is 49.4 Å². The Morgan fingerprint density at radius 1 is 1.37 bits per heavy atom. The molecule has 19 heavy (non-hydrogen) atoms. The van der Waals surface area contributed by atoms with Crippen molar-refractivity contribution >= 4 is 21.4 Å². The lowest BCUT2D eigenvalue weighted by molar-refractivity contribution is 0.466. The molecular weight excluding hydrogens is 280 g/mol. The second-order valence-electron chi connectivity index (χ2n) is 4.97. The van der Waals surface area contributed by atoms with Crippen molar-refractivity contribution in [1.82, 2.24) is 9.62 Å². The Kier molecular flexibility index (Phi) is 6.99. The van der Waals surface area contributed by atoms with Crippen molar-refractivity contribution in [2.45, 2.75) is 39.3 Å². The van der Waals surface area contributed by atoms with Gasteiger partial charge in [-0.1, -0.05) is 19.9 Å². The van der Waals surface area contributed by atoms with Gasteiger partial charge in [0, 0.05) is 24.5 Å². The molecule has 0 aromatic carbocycles. The third kappa shape index (κ3) is 6.51. The van der Waals surface area contributed by atoms with E-state index in [9.17, 15) is 8.42 Å². The molecule has 4 nitrogen and oxygen atoms in total. The summed E-state index contributed by atoms with van der Waals surface area (Å²) >= 11 is 1.59. The number of thiophene rings is 1. The van der Waals surface area contributed by atoms with Crippen LogP contribution in [0, 0.1) is 0 Å². The fourth-order valence-electron chi connectivity index (χ4n) is 1.68. The first-order chi connectivity index (χ1) is 8.92. The number of rotatable bonds is 9. The Labute approximate surface area is 120 Å². The van der Waals surface area contributed by atoms with E-state index < -0.39 is 10.0 Å². The van der Waals surface area contributed by atoms with Crippen molar-refractivity contribution in [1.29, 1.82) is 0 Å². The Bertz CT molecular complexity index is 441. The summed E-state index contributed by atoms with van der Waals surface area (Å²) in [5, 5.41) is 5.26. The average Bonchev–Trinajstić information content (AvgIpc) is 2.80. The fourth-order valence-corrected chi connectivity index (χ4v) is 3.73. The van der Waals surface area contributed by atoms with E-state index in [1.807, 2.05) is 17.5 Å². The molecule has 0 radical (unpaired) electrons. The number of unbranched alkanes of at least 4 members (excludes halogenated alkanes) is 1. The zero-order valence-electron chi connectivity index (χ0n) is 11.9. The summed E-state index contributed by atoms with van der Waals surface area (Å²) < 4.78 is 25.6. The quantitative estimate of drug-likeness (QED) is 0.712. The molecule has 0 saturated carbocycles. The lowest BCUT2D eigenvalue weighted by Gasteiger charge is -2.16. The number of nitrogens with one attached hydrogen (secondary N) is 1. The van der Waals surface area contributed by atoms with Crippen LogP contribution in [0.4, 0.5) is 0 Å². The van der Waals surface area contributed by atoms with Crippen LogP contribution >= 0.6 is 11.3 Å². The van der Waals surface area contributed by atoms with Gasteiger partial charge in [0.15, 0.2) is 0 Å². The first-order valence-corrected chi connectivity index (χ1v) is 9.10. The smallest absolute Gasteiger partial charge is 0.214 e. The van der Waals surface area contributed by atoms with Gasteiger partial charge in [0.05, 0.1) is 5.75 Å². The zero-order chi connectivity index (χ0) is 14.3. The molecule has 0 bridgehead atoms. The van der Waals surface area contributed by atoms with Gasteiger partial charge < -0.3 is 5.32 Å². The normalized spacial score (nSPS) is 12.5. The summed E-state index contributed by atoms with van der Waals surface area (Å²) in [6.07, 6.45) is 1.60. The van der Waals surface area contributed by atoms with E-state index in [-0.39, 0.29) is 5.75 Å². The first kappa shape index (κ1) is 16.6. The molecule has 110 valence electrons. The number of nitrogens with zero attached hydrogens (tertiary/aromatic N) is 1. The summed E-state index contributed by atoms with van der Waals surface area (Å²) in [6, 6.07) is 4.36. The minimum atomic E-state index is -3.12. The molecule has 0 aliphatic heterocycles. The third-order valence-corrected chi connectivity index (χ3v) is 5.56. The molecule has 1 heterocycles. The summed E-state index contributed by atoms with van der Waals surface area (Å²) in [7, 11) is -1.47. The Morgan fingerprint density at radius 3 is 2.68 bits per heavy atom. The Hall–Kier alpha value is -0.430. The van der Waals surface area contributed by atoms with Crippen LogP contribution < -0.4 is 5.32 Å².